The summed E-state index contributed by atoms with van der Waals surface area (Å²) in [6.07, 6.45) is 6.82. The van der Waals surface area contributed by atoms with E-state index in [0.717, 1.165) is 73.0 Å². The number of amides is 1. The average Bonchev–Trinajstić information content (AvgIpc) is 3.49. The van der Waals surface area contributed by atoms with Crippen molar-refractivity contribution < 1.29 is 14.3 Å². The molecule has 3 aliphatic rings. The van der Waals surface area contributed by atoms with Crippen LogP contribution in [0.5, 0.6) is 11.5 Å². The molecule has 3 aliphatic heterocycles. The molecule has 5 heterocycles. The molecule has 3 N–H and O–H groups in total. The summed E-state index contributed by atoms with van der Waals surface area (Å²) in [6.45, 7) is 4.58. The quantitative estimate of drug-likeness (QED) is 0.529. The van der Waals surface area contributed by atoms with E-state index in [1.54, 1.807) is 19.5 Å². The van der Waals surface area contributed by atoms with Gasteiger partial charge in [-0.15, -0.1) is 0 Å². The fourth-order valence-corrected chi connectivity index (χ4v) is 5.65. The van der Waals surface area contributed by atoms with E-state index in [0.29, 0.717) is 30.4 Å². The van der Waals surface area contributed by atoms with Crippen molar-refractivity contribution in [3.8, 4) is 22.8 Å². The molecular formula is C27H31N5O3. The van der Waals surface area contributed by atoms with Crippen molar-refractivity contribution in [2.45, 2.75) is 25.2 Å². The third kappa shape index (κ3) is 4.12. The van der Waals surface area contributed by atoms with Crippen molar-refractivity contribution in [2.24, 2.45) is 5.92 Å². The van der Waals surface area contributed by atoms with E-state index in [4.69, 9.17) is 9.47 Å². The number of fused-ring (bicyclic) bond motifs is 5. The molecule has 35 heavy (non-hydrogen) atoms. The van der Waals surface area contributed by atoms with Gasteiger partial charge in [-0.1, -0.05) is 12.1 Å². The highest BCUT2D eigenvalue weighted by Gasteiger charge is 2.34. The van der Waals surface area contributed by atoms with Crippen LogP contribution in [0.15, 0.2) is 42.7 Å². The van der Waals surface area contributed by atoms with Crippen LogP contribution in [0.3, 0.4) is 0 Å². The predicted molar refractivity (Wildman–Crippen MR) is 135 cm³/mol. The van der Waals surface area contributed by atoms with Gasteiger partial charge in [0.15, 0.2) is 0 Å². The summed E-state index contributed by atoms with van der Waals surface area (Å²) in [5.41, 5.74) is 4.92. The third-order valence-electron chi connectivity index (χ3n) is 7.47. The first-order chi connectivity index (χ1) is 17.2. The summed E-state index contributed by atoms with van der Waals surface area (Å²) in [5, 5.41) is 6.66. The Morgan fingerprint density at radius 1 is 1.20 bits per heavy atom. The molecule has 3 aromatic rings. The van der Waals surface area contributed by atoms with Gasteiger partial charge in [-0.05, 0) is 50.6 Å². The predicted octanol–water partition coefficient (Wildman–Crippen LogP) is 4.15. The second kappa shape index (κ2) is 9.26. The number of methoxy groups -OCH3 is 1. The molecule has 1 unspecified atom stereocenters. The van der Waals surface area contributed by atoms with Crippen molar-refractivity contribution in [1.82, 2.24) is 20.2 Å². The number of carbonyl (C=O) groups excluding carboxylic acids is 1. The van der Waals surface area contributed by atoms with Crippen LogP contribution in [-0.4, -0.2) is 60.7 Å². The van der Waals surface area contributed by atoms with Gasteiger partial charge >= 0.3 is 0 Å². The molecule has 0 spiro atoms. The Bertz CT molecular complexity index is 1240. The molecule has 2 aromatic heterocycles. The minimum absolute atomic E-state index is 0.0696. The lowest BCUT2D eigenvalue weighted by Gasteiger charge is -2.25. The normalized spacial score (nSPS) is 23.5. The summed E-state index contributed by atoms with van der Waals surface area (Å²) in [7, 11) is 1.65. The smallest absolute Gasteiger partial charge is 0.255 e. The number of benzene rings is 1. The molecule has 182 valence electrons. The molecule has 4 bridgehead atoms. The number of nitrogens with one attached hydrogen (secondary N) is 3. The maximum absolute atomic E-state index is 13.2. The Morgan fingerprint density at radius 2 is 2.11 bits per heavy atom. The first-order valence-corrected chi connectivity index (χ1v) is 12.4. The fraction of sp³-hybridized carbons (Fsp3) is 0.407. The number of carbonyl (C=O) groups is 1. The molecule has 0 saturated carbocycles. The first-order valence-electron chi connectivity index (χ1n) is 12.4. The van der Waals surface area contributed by atoms with Crippen LogP contribution in [0.25, 0.3) is 11.3 Å². The lowest BCUT2D eigenvalue weighted by Crippen LogP contribution is -2.35. The van der Waals surface area contributed by atoms with Crippen molar-refractivity contribution in [1.29, 1.82) is 0 Å². The topological polar surface area (TPSA) is 91.5 Å². The van der Waals surface area contributed by atoms with Crippen molar-refractivity contribution in [2.75, 3.05) is 45.2 Å². The molecule has 8 heteroatoms. The number of hydrogen-bond donors (Lipinski definition) is 3. The number of para-hydroxylation sites is 2. The molecule has 3 atom stereocenters. The summed E-state index contributed by atoms with van der Waals surface area (Å²) in [5.74, 6) is 2.11. The van der Waals surface area contributed by atoms with E-state index >= 15 is 0 Å². The standard InChI is InChI=1S/C27H31N5O3/c1-34-21-7-3-2-6-20(21)30-26-23-24-18(13-29-27(23)33)5-4-11-32-12-9-17(15-32)16-35-22-14-28-10-8-19(22)25(26)31-24/h2-3,6-8,10,14,17-18,30-31H,4-5,9,11-13,15-16H2,1H3,(H,29,33)/t17-,18-/m1/s1. The number of aromatic amines is 1. The lowest BCUT2D eigenvalue weighted by molar-refractivity contribution is 0.0939. The zero-order valence-electron chi connectivity index (χ0n) is 20.0. The maximum Gasteiger partial charge on any atom is 0.255 e. The van der Waals surface area contributed by atoms with Gasteiger partial charge in [0.1, 0.15) is 11.5 Å². The Balaban J connectivity index is 1.50. The molecule has 0 radical (unpaired) electrons. The zero-order chi connectivity index (χ0) is 23.8. The van der Waals surface area contributed by atoms with Gasteiger partial charge in [-0.3, -0.25) is 9.78 Å². The maximum atomic E-state index is 13.2. The number of aromatic nitrogens is 2. The van der Waals surface area contributed by atoms with Crippen LogP contribution in [0.4, 0.5) is 11.4 Å². The highest BCUT2D eigenvalue weighted by molar-refractivity contribution is 6.07. The highest BCUT2D eigenvalue weighted by atomic mass is 16.5. The van der Waals surface area contributed by atoms with Gasteiger partial charge < -0.3 is 30.0 Å². The van der Waals surface area contributed by atoms with Gasteiger partial charge in [-0.25, -0.2) is 0 Å². The SMILES string of the molecule is COc1ccccc1Nc1c2[nH]c3c1C(=O)NC[C@H]3CCCN1CC[C@@H](COc3cnccc3-2)C1. The van der Waals surface area contributed by atoms with Crippen LogP contribution in [0.1, 0.15) is 41.2 Å². The molecule has 1 saturated heterocycles. The summed E-state index contributed by atoms with van der Waals surface area (Å²) < 4.78 is 11.9. The third-order valence-corrected chi connectivity index (χ3v) is 7.47. The summed E-state index contributed by atoms with van der Waals surface area (Å²) >= 11 is 0. The molecule has 1 fully saturated rings. The van der Waals surface area contributed by atoms with Crippen LogP contribution in [-0.2, 0) is 0 Å². The van der Waals surface area contributed by atoms with Gasteiger partial charge in [0.05, 0.1) is 42.5 Å². The minimum Gasteiger partial charge on any atom is -0.495 e. The van der Waals surface area contributed by atoms with Gasteiger partial charge in [0, 0.05) is 42.4 Å². The number of anilines is 2. The Kier molecular flexibility index (Phi) is 5.82. The van der Waals surface area contributed by atoms with Crippen molar-refractivity contribution in [3.63, 3.8) is 0 Å². The fourth-order valence-electron chi connectivity index (χ4n) is 5.65. The van der Waals surface area contributed by atoms with E-state index in [9.17, 15) is 4.79 Å². The molecule has 6 rings (SSSR count). The van der Waals surface area contributed by atoms with Crippen LogP contribution < -0.4 is 20.1 Å². The largest absolute Gasteiger partial charge is 0.495 e. The summed E-state index contributed by atoms with van der Waals surface area (Å²) in [6, 6.07) is 9.70. The van der Waals surface area contributed by atoms with E-state index in [1.165, 1.54) is 0 Å². The van der Waals surface area contributed by atoms with Crippen molar-refractivity contribution >= 4 is 17.3 Å². The van der Waals surface area contributed by atoms with Crippen molar-refractivity contribution in [3.05, 3.63) is 54.0 Å². The first kappa shape index (κ1) is 22.0. The Labute approximate surface area is 205 Å². The molecule has 1 amide bonds. The average molecular weight is 474 g/mol. The van der Waals surface area contributed by atoms with Crippen LogP contribution in [0.2, 0.25) is 0 Å². The highest BCUT2D eigenvalue weighted by Crippen LogP contribution is 2.44. The van der Waals surface area contributed by atoms with Crippen LogP contribution in [0, 0.1) is 5.92 Å². The number of pyridine rings is 1. The zero-order valence-corrected chi connectivity index (χ0v) is 20.0. The molecule has 1 aromatic carbocycles. The number of ether oxygens (including phenoxy) is 2. The van der Waals surface area contributed by atoms with E-state index < -0.39 is 0 Å². The minimum atomic E-state index is -0.0696. The molecule has 0 aliphatic carbocycles. The number of hydrogen-bond acceptors (Lipinski definition) is 6. The second-order valence-corrected chi connectivity index (χ2v) is 9.68. The van der Waals surface area contributed by atoms with E-state index in [2.05, 4.69) is 25.5 Å². The second-order valence-electron chi connectivity index (χ2n) is 9.68. The molecular weight excluding hydrogens is 442 g/mol. The Hall–Kier alpha value is -3.52. The van der Waals surface area contributed by atoms with E-state index in [-0.39, 0.29) is 11.8 Å². The van der Waals surface area contributed by atoms with Gasteiger partial charge in [-0.2, -0.15) is 0 Å². The lowest BCUT2D eigenvalue weighted by atomic mass is 9.92. The van der Waals surface area contributed by atoms with Gasteiger partial charge in [0.25, 0.3) is 5.91 Å². The number of H-pyrrole nitrogens is 1. The van der Waals surface area contributed by atoms with E-state index in [1.807, 2.05) is 30.3 Å². The molecule has 8 nitrogen and oxygen atoms in total. The van der Waals surface area contributed by atoms with Crippen LogP contribution >= 0.6 is 0 Å². The Morgan fingerprint density at radius 3 is 3.03 bits per heavy atom. The number of nitrogens with zero attached hydrogens (tertiary/aromatic N) is 2. The van der Waals surface area contributed by atoms with Gasteiger partial charge in [0.2, 0.25) is 0 Å². The summed E-state index contributed by atoms with van der Waals surface area (Å²) in [4.78, 5) is 23.8. The monoisotopic (exact) mass is 473 g/mol. The number of rotatable bonds is 3.